The first-order valence-electron chi connectivity index (χ1n) is 9.36. The van der Waals surface area contributed by atoms with E-state index in [1.54, 1.807) is 24.3 Å². The van der Waals surface area contributed by atoms with Crippen LogP contribution in [0.3, 0.4) is 0 Å². The Hall–Kier alpha value is -2.94. The molecule has 0 aromatic heterocycles. The lowest BCUT2D eigenvalue weighted by Crippen LogP contribution is -2.47. The summed E-state index contributed by atoms with van der Waals surface area (Å²) in [6.45, 7) is 0.948. The number of hydrogen-bond donors (Lipinski definition) is 1. The van der Waals surface area contributed by atoms with Crippen LogP contribution in [0.25, 0.3) is 0 Å². The molecule has 0 saturated carbocycles. The minimum Gasteiger partial charge on any atom is -0.361 e. The minimum absolute atomic E-state index is 0.0844. The van der Waals surface area contributed by atoms with Crippen molar-refractivity contribution in [2.75, 3.05) is 24.2 Å². The Morgan fingerprint density at radius 1 is 1.21 bits per heavy atom. The number of nitro groups is 1. The van der Waals surface area contributed by atoms with Crippen molar-refractivity contribution in [2.45, 2.75) is 30.2 Å². The summed E-state index contributed by atoms with van der Waals surface area (Å²) in [6.07, 6.45) is 3.63. The van der Waals surface area contributed by atoms with Gasteiger partial charge in [-0.1, -0.05) is 18.2 Å². The zero-order valence-corrected chi connectivity index (χ0v) is 16.9. The molecular formula is C20H23N3O5S. The number of amides is 1. The third kappa shape index (κ3) is 4.92. The molecule has 2 aromatic rings. The summed E-state index contributed by atoms with van der Waals surface area (Å²) in [6, 6.07) is 12.7. The minimum atomic E-state index is -3.55. The maximum absolute atomic E-state index is 12.4. The number of piperidine rings is 1. The molecule has 1 atom stereocenters. The van der Waals surface area contributed by atoms with E-state index in [-0.39, 0.29) is 22.5 Å². The number of sulfone groups is 1. The fourth-order valence-electron chi connectivity index (χ4n) is 3.56. The predicted molar refractivity (Wildman–Crippen MR) is 110 cm³/mol. The smallest absolute Gasteiger partial charge is 0.293 e. The zero-order chi connectivity index (χ0) is 21.0. The van der Waals surface area contributed by atoms with Gasteiger partial charge in [-0.25, -0.2) is 8.42 Å². The van der Waals surface area contributed by atoms with E-state index >= 15 is 0 Å². The van der Waals surface area contributed by atoms with Gasteiger partial charge in [-0.2, -0.15) is 0 Å². The highest BCUT2D eigenvalue weighted by atomic mass is 32.2. The molecule has 1 fully saturated rings. The van der Waals surface area contributed by atoms with Gasteiger partial charge in [0.25, 0.3) is 11.6 Å². The first-order valence-corrected chi connectivity index (χ1v) is 11.2. The van der Waals surface area contributed by atoms with Crippen molar-refractivity contribution in [3.8, 4) is 0 Å². The summed E-state index contributed by atoms with van der Waals surface area (Å²) >= 11 is 0. The first kappa shape index (κ1) is 20.8. The molecule has 8 nitrogen and oxygen atoms in total. The van der Waals surface area contributed by atoms with E-state index in [2.05, 4.69) is 5.32 Å². The average Bonchev–Trinajstić information content (AvgIpc) is 2.71. The van der Waals surface area contributed by atoms with Gasteiger partial charge in [-0.05, 0) is 43.5 Å². The lowest BCUT2D eigenvalue weighted by atomic mass is 10.0. The van der Waals surface area contributed by atoms with E-state index in [0.717, 1.165) is 31.6 Å². The maximum Gasteiger partial charge on any atom is 0.293 e. The van der Waals surface area contributed by atoms with Crippen LogP contribution in [-0.4, -0.2) is 44.6 Å². The van der Waals surface area contributed by atoms with Crippen LogP contribution in [-0.2, 0) is 9.84 Å². The molecule has 0 aliphatic carbocycles. The molecule has 0 spiro atoms. The van der Waals surface area contributed by atoms with Crippen molar-refractivity contribution in [2.24, 2.45) is 0 Å². The second-order valence-electron chi connectivity index (χ2n) is 7.10. The molecule has 2 aromatic carbocycles. The van der Waals surface area contributed by atoms with Gasteiger partial charge in [0.05, 0.1) is 9.82 Å². The Bertz CT molecular complexity index is 1010. The Balaban J connectivity index is 1.84. The summed E-state index contributed by atoms with van der Waals surface area (Å²) in [5.74, 6) is -0.196. The standard InChI is InChI=1S/C20H23N3O5S/c1-29(27,28)17-10-11-18(19(13-17)23(25)26)22-12-6-5-9-16(22)14-21-20(24)15-7-3-2-4-8-15/h2-4,7-8,10-11,13,16H,5-6,9,12,14H2,1H3,(H,21,24)/t16-/m0/s1. The fourth-order valence-corrected chi connectivity index (χ4v) is 4.20. The molecule has 3 rings (SSSR count). The van der Waals surface area contributed by atoms with Crippen molar-refractivity contribution in [1.29, 1.82) is 0 Å². The topological polar surface area (TPSA) is 110 Å². The van der Waals surface area contributed by atoms with Gasteiger partial charge < -0.3 is 10.2 Å². The van der Waals surface area contributed by atoms with Crippen molar-refractivity contribution >= 4 is 27.1 Å². The number of nitrogens with one attached hydrogen (secondary N) is 1. The molecule has 1 saturated heterocycles. The molecule has 0 unspecified atom stereocenters. The van der Waals surface area contributed by atoms with Gasteiger partial charge >= 0.3 is 0 Å². The normalized spacial score (nSPS) is 17.0. The van der Waals surface area contributed by atoms with Crippen molar-refractivity contribution in [3.63, 3.8) is 0 Å². The molecule has 1 aliphatic heterocycles. The zero-order valence-electron chi connectivity index (χ0n) is 16.1. The second kappa shape index (κ2) is 8.60. The van der Waals surface area contributed by atoms with E-state index < -0.39 is 14.8 Å². The Labute approximate surface area is 169 Å². The van der Waals surface area contributed by atoms with Gasteiger partial charge in [-0.15, -0.1) is 0 Å². The highest BCUT2D eigenvalue weighted by Gasteiger charge is 2.29. The number of carbonyl (C=O) groups excluding carboxylic acids is 1. The largest absolute Gasteiger partial charge is 0.361 e. The van der Waals surface area contributed by atoms with Gasteiger partial charge in [0, 0.05) is 37.0 Å². The van der Waals surface area contributed by atoms with Crippen LogP contribution in [0.15, 0.2) is 53.4 Å². The molecular weight excluding hydrogens is 394 g/mol. The lowest BCUT2D eigenvalue weighted by Gasteiger charge is -2.37. The van der Waals surface area contributed by atoms with Crippen LogP contribution in [0.4, 0.5) is 11.4 Å². The van der Waals surface area contributed by atoms with E-state index in [0.29, 0.717) is 24.3 Å². The summed E-state index contributed by atoms with van der Waals surface area (Å²) in [5.41, 5.74) is 0.689. The highest BCUT2D eigenvalue weighted by molar-refractivity contribution is 7.90. The number of hydrogen-bond acceptors (Lipinski definition) is 6. The third-order valence-electron chi connectivity index (χ3n) is 5.04. The Kier molecular flexibility index (Phi) is 6.17. The number of rotatable bonds is 6. The van der Waals surface area contributed by atoms with E-state index in [1.165, 1.54) is 12.1 Å². The number of nitro benzene ring substituents is 1. The van der Waals surface area contributed by atoms with E-state index in [9.17, 15) is 23.3 Å². The molecule has 0 bridgehead atoms. The molecule has 154 valence electrons. The monoisotopic (exact) mass is 417 g/mol. The number of carbonyl (C=O) groups is 1. The van der Waals surface area contributed by atoms with Crippen LogP contribution in [0, 0.1) is 10.1 Å². The molecule has 1 N–H and O–H groups in total. The quantitative estimate of drug-likeness (QED) is 0.572. The SMILES string of the molecule is CS(=O)(=O)c1ccc(N2CCCC[C@H]2CNC(=O)c2ccccc2)c([N+](=O)[O-])c1. The summed E-state index contributed by atoms with van der Waals surface area (Å²) in [7, 11) is -3.55. The van der Waals surface area contributed by atoms with Crippen LogP contribution in [0.1, 0.15) is 29.6 Å². The van der Waals surface area contributed by atoms with Crippen molar-refractivity contribution in [1.82, 2.24) is 5.32 Å². The summed E-state index contributed by atoms with van der Waals surface area (Å²) in [5, 5.41) is 14.5. The molecule has 1 aliphatic rings. The molecule has 0 radical (unpaired) electrons. The molecule has 1 amide bonds. The van der Waals surface area contributed by atoms with Crippen LogP contribution < -0.4 is 10.2 Å². The van der Waals surface area contributed by atoms with Crippen LogP contribution in [0.5, 0.6) is 0 Å². The highest BCUT2D eigenvalue weighted by Crippen LogP contribution is 2.34. The lowest BCUT2D eigenvalue weighted by molar-refractivity contribution is -0.384. The fraction of sp³-hybridized carbons (Fsp3) is 0.350. The number of anilines is 1. The molecule has 9 heteroatoms. The van der Waals surface area contributed by atoms with Gasteiger partial charge in [-0.3, -0.25) is 14.9 Å². The van der Waals surface area contributed by atoms with Gasteiger partial charge in [0.1, 0.15) is 5.69 Å². The summed E-state index contributed by atoms with van der Waals surface area (Å²) < 4.78 is 23.6. The Morgan fingerprint density at radius 2 is 1.93 bits per heavy atom. The van der Waals surface area contributed by atoms with E-state index in [4.69, 9.17) is 0 Å². The van der Waals surface area contributed by atoms with E-state index in [1.807, 2.05) is 11.0 Å². The van der Waals surface area contributed by atoms with Gasteiger partial charge in [0.15, 0.2) is 9.84 Å². The molecule has 29 heavy (non-hydrogen) atoms. The first-order chi connectivity index (χ1) is 13.8. The average molecular weight is 417 g/mol. The predicted octanol–water partition coefficient (Wildman–Crippen LogP) is 2.79. The molecule has 1 heterocycles. The Morgan fingerprint density at radius 3 is 2.59 bits per heavy atom. The number of nitrogens with zero attached hydrogens (tertiary/aromatic N) is 2. The summed E-state index contributed by atoms with van der Waals surface area (Å²) in [4.78, 5) is 25.2. The number of benzene rings is 2. The maximum atomic E-state index is 12.4. The van der Waals surface area contributed by atoms with Crippen molar-refractivity contribution in [3.05, 3.63) is 64.2 Å². The third-order valence-corrected chi connectivity index (χ3v) is 6.15. The van der Waals surface area contributed by atoms with Crippen LogP contribution >= 0.6 is 0 Å². The van der Waals surface area contributed by atoms with Crippen molar-refractivity contribution < 1.29 is 18.1 Å². The second-order valence-corrected chi connectivity index (χ2v) is 9.11. The van der Waals surface area contributed by atoms with Crippen LogP contribution in [0.2, 0.25) is 0 Å². The van der Waals surface area contributed by atoms with Gasteiger partial charge in [0.2, 0.25) is 0 Å².